The summed E-state index contributed by atoms with van der Waals surface area (Å²) in [4.78, 5) is 0. The smallest absolute Gasteiger partial charge is 0.00388 e. The molecule has 0 spiro atoms. The summed E-state index contributed by atoms with van der Waals surface area (Å²) in [7, 11) is 0. The molecule has 2 heteroatoms. The normalized spacial score (nSPS) is 33.7. The number of hydrogen-bond donors (Lipinski definition) is 2. The molecule has 0 aromatic rings. The van der Waals surface area contributed by atoms with Crippen molar-refractivity contribution in [2.75, 3.05) is 0 Å². The lowest BCUT2D eigenvalue weighted by atomic mass is 10.0. The van der Waals surface area contributed by atoms with Gasteiger partial charge in [0.1, 0.15) is 0 Å². The second kappa shape index (κ2) is 6.39. The predicted molar refractivity (Wildman–Crippen MR) is 57.5 cm³/mol. The van der Waals surface area contributed by atoms with E-state index in [1.165, 1.54) is 57.8 Å². The van der Waals surface area contributed by atoms with E-state index in [0.29, 0.717) is 12.1 Å². The topological polar surface area (TPSA) is 52.0 Å². The molecule has 2 nitrogen and oxygen atoms in total. The van der Waals surface area contributed by atoms with Crippen LogP contribution in [-0.2, 0) is 0 Å². The Kier molecular flexibility index (Phi) is 5.40. The summed E-state index contributed by atoms with van der Waals surface area (Å²) in [6, 6.07) is 0.906. The first-order valence-electron chi connectivity index (χ1n) is 5.80. The van der Waals surface area contributed by atoms with Gasteiger partial charge >= 0.3 is 0 Å². The van der Waals surface area contributed by atoms with Gasteiger partial charge in [0, 0.05) is 12.1 Å². The summed E-state index contributed by atoms with van der Waals surface area (Å²) in [5.41, 5.74) is 12.0. The Bertz CT molecular complexity index is 111. The molecule has 0 aromatic carbocycles. The van der Waals surface area contributed by atoms with Crippen molar-refractivity contribution in [2.45, 2.75) is 69.9 Å². The fourth-order valence-corrected chi connectivity index (χ4v) is 2.09. The summed E-state index contributed by atoms with van der Waals surface area (Å²) in [5, 5.41) is 0. The number of rotatable bonds is 0. The van der Waals surface area contributed by atoms with Crippen molar-refractivity contribution in [1.29, 1.82) is 0 Å². The van der Waals surface area contributed by atoms with Gasteiger partial charge in [0.15, 0.2) is 0 Å². The molecule has 1 saturated carbocycles. The van der Waals surface area contributed by atoms with Crippen LogP contribution in [0.3, 0.4) is 0 Å². The number of nitrogens with two attached hydrogens (primary N) is 2. The molecule has 0 aliphatic heterocycles. The van der Waals surface area contributed by atoms with Crippen LogP contribution in [0.15, 0.2) is 0 Å². The molecule has 4 N–H and O–H groups in total. The van der Waals surface area contributed by atoms with Crippen LogP contribution in [0.2, 0.25) is 0 Å². The molecule has 0 bridgehead atoms. The first-order valence-corrected chi connectivity index (χ1v) is 5.80. The lowest BCUT2D eigenvalue weighted by molar-refractivity contribution is 0.502. The maximum absolute atomic E-state index is 5.98. The van der Waals surface area contributed by atoms with Crippen LogP contribution in [0.1, 0.15) is 57.8 Å². The Labute approximate surface area is 82.1 Å². The van der Waals surface area contributed by atoms with Crippen molar-refractivity contribution in [1.82, 2.24) is 0 Å². The number of hydrogen-bond acceptors (Lipinski definition) is 2. The average Bonchev–Trinajstić information content (AvgIpc) is 2.14. The molecule has 13 heavy (non-hydrogen) atoms. The van der Waals surface area contributed by atoms with E-state index in [4.69, 9.17) is 11.5 Å². The fraction of sp³-hybridized carbons (Fsp3) is 1.00. The Morgan fingerprint density at radius 2 is 0.846 bits per heavy atom. The maximum Gasteiger partial charge on any atom is 0.00388 e. The van der Waals surface area contributed by atoms with Crippen molar-refractivity contribution in [3.8, 4) is 0 Å². The van der Waals surface area contributed by atoms with Crippen LogP contribution < -0.4 is 11.5 Å². The zero-order chi connectivity index (χ0) is 9.52. The molecule has 1 aliphatic carbocycles. The third kappa shape index (κ3) is 5.27. The minimum absolute atomic E-state index is 0.453. The second-order valence-corrected chi connectivity index (χ2v) is 4.44. The highest BCUT2D eigenvalue weighted by molar-refractivity contribution is 4.67. The molecule has 0 saturated heterocycles. The van der Waals surface area contributed by atoms with E-state index in [0.717, 1.165) is 0 Å². The lowest BCUT2D eigenvalue weighted by Gasteiger charge is -2.10. The van der Waals surface area contributed by atoms with Crippen LogP contribution in [0, 0.1) is 0 Å². The molecular weight excluding hydrogens is 160 g/mol. The van der Waals surface area contributed by atoms with Crippen LogP contribution >= 0.6 is 0 Å². The van der Waals surface area contributed by atoms with E-state index in [2.05, 4.69) is 0 Å². The molecule has 1 fully saturated rings. The summed E-state index contributed by atoms with van der Waals surface area (Å²) in [5.74, 6) is 0. The summed E-state index contributed by atoms with van der Waals surface area (Å²) in [6.07, 6.45) is 11.3. The standard InChI is InChI=1S/C11H24N2/c12-10-6-2-1-3-7-11(13)9-5-4-8-10/h10-11H,1-9,12-13H2. The van der Waals surface area contributed by atoms with Gasteiger partial charge < -0.3 is 11.5 Å². The molecule has 0 heterocycles. The Morgan fingerprint density at radius 1 is 0.538 bits per heavy atom. The highest BCUT2D eigenvalue weighted by atomic mass is 14.6. The minimum Gasteiger partial charge on any atom is -0.328 e. The molecule has 0 radical (unpaired) electrons. The van der Waals surface area contributed by atoms with Crippen molar-refractivity contribution in [3.63, 3.8) is 0 Å². The lowest BCUT2D eigenvalue weighted by Crippen LogP contribution is -2.20. The zero-order valence-electron chi connectivity index (χ0n) is 8.67. The van der Waals surface area contributed by atoms with E-state index in [9.17, 15) is 0 Å². The van der Waals surface area contributed by atoms with Crippen molar-refractivity contribution in [2.24, 2.45) is 11.5 Å². The van der Waals surface area contributed by atoms with Crippen LogP contribution in [-0.4, -0.2) is 12.1 Å². The first-order chi connectivity index (χ1) is 6.29. The summed E-state index contributed by atoms with van der Waals surface area (Å²) < 4.78 is 0. The molecule has 2 unspecified atom stereocenters. The molecule has 78 valence electrons. The minimum atomic E-state index is 0.453. The average molecular weight is 184 g/mol. The van der Waals surface area contributed by atoms with Gasteiger partial charge in [-0.1, -0.05) is 32.1 Å². The van der Waals surface area contributed by atoms with E-state index in [1.54, 1.807) is 0 Å². The zero-order valence-corrected chi connectivity index (χ0v) is 8.67. The van der Waals surface area contributed by atoms with Crippen LogP contribution in [0.25, 0.3) is 0 Å². The molecule has 0 amide bonds. The van der Waals surface area contributed by atoms with Gasteiger partial charge in [0.25, 0.3) is 0 Å². The van der Waals surface area contributed by atoms with Crippen molar-refractivity contribution >= 4 is 0 Å². The second-order valence-electron chi connectivity index (χ2n) is 4.44. The van der Waals surface area contributed by atoms with Gasteiger partial charge in [-0.15, -0.1) is 0 Å². The van der Waals surface area contributed by atoms with Crippen LogP contribution in [0.5, 0.6) is 0 Å². The van der Waals surface area contributed by atoms with E-state index >= 15 is 0 Å². The molecule has 2 atom stereocenters. The first kappa shape index (κ1) is 11.0. The third-order valence-electron chi connectivity index (χ3n) is 3.05. The van der Waals surface area contributed by atoms with E-state index < -0.39 is 0 Å². The monoisotopic (exact) mass is 184 g/mol. The van der Waals surface area contributed by atoms with Crippen molar-refractivity contribution < 1.29 is 0 Å². The van der Waals surface area contributed by atoms with Gasteiger partial charge in [-0.2, -0.15) is 0 Å². The van der Waals surface area contributed by atoms with Crippen molar-refractivity contribution in [3.05, 3.63) is 0 Å². The van der Waals surface area contributed by atoms with Gasteiger partial charge in [-0.05, 0) is 25.7 Å². The Hall–Kier alpha value is -0.0800. The summed E-state index contributed by atoms with van der Waals surface area (Å²) >= 11 is 0. The Balaban J connectivity index is 2.22. The largest absolute Gasteiger partial charge is 0.328 e. The van der Waals surface area contributed by atoms with Crippen LogP contribution in [0.4, 0.5) is 0 Å². The SMILES string of the molecule is NC1CCCCCC(N)CCCC1. The molecule has 1 rings (SSSR count). The quantitative estimate of drug-likeness (QED) is 0.606. The van der Waals surface area contributed by atoms with Gasteiger partial charge in [0.2, 0.25) is 0 Å². The van der Waals surface area contributed by atoms with E-state index in [-0.39, 0.29) is 0 Å². The van der Waals surface area contributed by atoms with Gasteiger partial charge in [-0.25, -0.2) is 0 Å². The Morgan fingerprint density at radius 3 is 1.23 bits per heavy atom. The molecular formula is C11H24N2. The molecule has 0 aromatic heterocycles. The van der Waals surface area contributed by atoms with Gasteiger partial charge in [-0.3, -0.25) is 0 Å². The highest BCUT2D eigenvalue weighted by Crippen LogP contribution is 2.15. The predicted octanol–water partition coefficient (Wildman–Crippen LogP) is 2.17. The third-order valence-corrected chi connectivity index (χ3v) is 3.05. The maximum atomic E-state index is 5.98. The van der Waals surface area contributed by atoms with Gasteiger partial charge in [0.05, 0.1) is 0 Å². The highest BCUT2D eigenvalue weighted by Gasteiger charge is 2.07. The molecule has 1 aliphatic rings. The van der Waals surface area contributed by atoms with E-state index in [1.807, 2.05) is 0 Å². The fourth-order valence-electron chi connectivity index (χ4n) is 2.09. The summed E-state index contributed by atoms with van der Waals surface area (Å²) in [6.45, 7) is 0.